The number of aryl methyl sites for hydroxylation is 1. The van der Waals surface area contributed by atoms with Gasteiger partial charge in [0.15, 0.2) is 0 Å². The Kier molecular flexibility index (Phi) is 4.70. The fourth-order valence-corrected chi connectivity index (χ4v) is 1.95. The van der Waals surface area contributed by atoms with Gasteiger partial charge in [0, 0.05) is 12.7 Å². The van der Waals surface area contributed by atoms with Gasteiger partial charge in [0.2, 0.25) is 0 Å². The molecule has 0 unspecified atom stereocenters. The van der Waals surface area contributed by atoms with Crippen molar-refractivity contribution in [3.05, 3.63) is 35.9 Å². The smallest absolute Gasteiger partial charge is 0.325 e. The van der Waals surface area contributed by atoms with Crippen molar-refractivity contribution in [3.8, 4) is 0 Å². The summed E-state index contributed by atoms with van der Waals surface area (Å²) in [5.74, 6) is -1.19. The van der Waals surface area contributed by atoms with Crippen LogP contribution in [0.25, 0.3) is 0 Å². The number of carbonyl (C=O) groups is 2. The highest BCUT2D eigenvalue weighted by Crippen LogP contribution is 2.04. The number of carbonyl (C=O) groups excluding carboxylic acids is 1. The number of amides is 1. The Bertz CT molecular complexity index is 631. The molecule has 0 spiro atoms. The predicted molar refractivity (Wildman–Crippen MR) is 73.6 cm³/mol. The lowest BCUT2D eigenvalue weighted by atomic mass is 10.3. The zero-order chi connectivity index (χ0) is 15.2. The number of nitrogens with zero attached hydrogens (tertiary/aromatic N) is 4. The maximum atomic E-state index is 12.1. The summed E-state index contributed by atoms with van der Waals surface area (Å²) in [6.45, 7) is 2.78. The first-order chi connectivity index (χ1) is 10.1. The van der Waals surface area contributed by atoms with Crippen LogP contribution in [-0.2, 0) is 24.4 Å². The van der Waals surface area contributed by atoms with E-state index in [0.29, 0.717) is 11.4 Å². The second kappa shape index (κ2) is 6.69. The van der Waals surface area contributed by atoms with Crippen LogP contribution < -0.4 is 5.32 Å². The first-order valence-electron chi connectivity index (χ1n) is 6.64. The lowest BCUT2D eigenvalue weighted by Gasteiger charge is -2.07. The van der Waals surface area contributed by atoms with Gasteiger partial charge in [0.05, 0.1) is 12.7 Å². The van der Waals surface area contributed by atoms with E-state index in [1.165, 1.54) is 10.9 Å². The van der Waals surface area contributed by atoms with E-state index in [0.717, 1.165) is 13.0 Å². The van der Waals surface area contributed by atoms with Crippen LogP contribution in [0.2, 0.25) is 0 Å². The van der Waals surface area contributed by atoms with E-state index in [-0.39, 0.29) is 19.0 Å². The van der Waals surface area contributed by atoms with E-state index >= 15 is 0 Å². The summed E-state index contributed by atoms with van der Waals surface area (Å²) in [6.07, 6.45) is 4.31. The summed E-state index contributed by atoms with van der Waals surface area (Å²) < 4.78 is 3.10. The predicted octanol–water partition coefficient (Wildman–Crippen LogP) is 0.504. The molecule has 0 saturated carbocycles. The summed E-state index contributed by atoms with van der Waals surface area (Å²) in [7, 11) is 0. The molecule has 0 fully saturated rings. The molecule has 2 aromatic rings. The van der Waals surface area contributed by atoms with Crippen LogP contribution >= 0.6 is 0 Å². The molecular formula is C13H17N5O3. The van der Waals surface area contributed by atoms with Crippen molar-refractivity contribution in [2.24, 2.45) is 0 Å². The number of carboxylic acid groups (broad SMARTS) is 1. The molecule has 0 saturated heterocycles. The van der Waals surface area contributed by atoms with Gasteiger partial charge in [-0.1, -0.05) is 12.1 Å². The van der Waals surface area contributed by atoms with Crippen LogP contribution in [0.15, 0.2) is 24.5 Å². The molecule has 8 nitrogen and oxygen atoms in total. The Hall–Kier alpha value is -2.64. The topological polar surface area (TPSA) is 102 Å². The molecule has 0 aromatic carbocycles. The number of aromatic nitrogens is 4. The van der Waals surface area contributed by atoms with Crippen molar-refractivity contribution in [2.45, 2.75) is 33.0 Å². The molecule has 2 rings (SSSR count). The van der Waals surface area contributed by atoms with Crippen LogP contribution in [0, 0.1) is 0 Å². The largest absolute Gasteiger partial charge is 0.480 e. The van der Waals surface area contributed by atoms with Crippen molar-refractivity contribution in [3.63, 3.8) is 0 Å². The third-order valence-electron chi connectivity index (χ3n) is 2.84. The molecule has 21 heavy (non-hydrogen) atoms. The summed E-state index contributed by atoms with van der Waals surface area (Å²) >= 11 is 0. The van der Waals surface area contributed by atoms with Gasteiger partial charge >= 0.3 is 5.97 Å². The van der Waals surface area contributed by atoms with Gasteiger partial charge in [0.25, 0.3) is 5.91 Å². The highest BCUT2D eigenvalue weighted by atomic mass is 16.4. The lowest BCUT2D eigenvalue weighted by Crippen LogP contribution is -2.25. The molecule has 112 valence electrons. The van der Waals surface area contributed by atoms with Crippen LogP contribution in [0.1, 0.15) is 29.5 Å². The quantitative estimate of drug-likeness (QED) is 0.773. The number of hydrogen-bond acceptors (Lipinski definition) is 4. The maximum Gasteiger partial charge on any atom is 0.325 e. The third-order valence-corrected chi connectivity index (χ3v) is 2.84. The minimum absolute atomic E-state index is 0.193. The molecule has 2 aromatic heterocycles. The molecule has 0 aliphatic carbocycles. The molecule has 2 heterocycles. The van der Waals surface area contributed by atoms with E-state index in [1.807, 2.05) is 23.8 Å². The fraction of sp³-hybridized carbons (Fsp3) is 0.385. The lowest BCUT2D eigenvalue weighted by molar-refractivity contribution is -0.137. The Morgan fingerprint density at radius 3 is 2.95 bits per heavy atom. The Morgan fingerprint density at radius 1 is 1.43 bits per heavy atom. The van der Waals surface area contributed by atoms with E-state index in [9.17, 15) is 9.59 Å². The van der Waals surface area contributed by atoms with E-state index < -0.39 is 5.97 Å². The van der Waals surface area contributed by atoms with Crippen molar-refractivity contribution in [1.29, 1.82) is 0 Å². The number of nitrogens with one attached hydrogen (secondary N) is 1. The van der Waals surface area contributed by atoms with Gasteiger partial charge in [0.1, 0.15) is 17.9 Å². The van der Waals surface area contributed by atoms with Crippen molar-refractivity contribution < 1.29 is 14.7 Å². The summed E-state index contributed by atoms with van der Waals surface area (Å²) in [4.78, 5) is 22.6. The van der Waals surface area contributed by atoms with Gasteiger partial charge in [-0.05, 0) is 18.6 Å². The monoisotopic (exact) mass is 291 g/mol. The van der Waals surface area contributed by atoms with E-state index in [2.05, 4.69) is 15.6 Å². The molecule has 1 amide bonds. The van der Waals surface area contributed by atoms with Crippen molar-refractivity contribution in [2.75, 3.05) is 0 Å². The standard InChI is InChI=1S/C13H17N5O3/c1-2-5-17-6-3-4-11(17)13(21)14-7-10-8-18(16-15-10)9-12(19)20/h3-4,6,8H,2,5,7,9H2,1H3,(H,14,21)(H,19,20). The fourth-order valence-electron chi connectivity index (χ4n) is 1.95. The number of rotatable bonds is 7. The molecule has 2 N–H and O–H groups in total. The van der Waals surface area contributed by atoms with Gasteiger partial charge in [-0.2, -0.15) is 0 Å². The van der Waals surface area contributed by atoms with Crippen LogP contribution in [0.4, 0.5) is 0 Å². The SMILES string of the molecule is CCCn1cccc1C(=O)NCc1cn(CC(=O)O)nn1. The van der Waals surface area contributed by atoms with E-state index in [1.54, 1.807) is 6.07 Å². The Labute approximate surface area is 121 Å². The average Bonchev–Trinajstić information content (AvgIpc) is 3.05. The highest BCUT2D eigenvalue weighted by molar-refractivity contribution is 5.92. The highest BCUT2D eigenvalue weighted by Gasteiger charge is 2.11. The van der Waals surface area contributed by atoms with Crippen molar-refractivity contribution >= 4 is 11.9 Å². The molecule has 0 atom stereocenters. The Morgan fingerprint density at radius 2 is 2.24 bits per heavy atom. The third kappa shape index (κ3) is 3.91. The van der Waals surface area contributed by atoms with E-state index in [4.69, 9.17) is 5.11 Å². The normalized spacial score (nSPS) is 10.5. The number of aliphatic carboxylic acids is 1. The van der Waals surface area contributed by atoms with Crippen LogP contribution in [0.3, 0.4) is 0 Å². The van der Waals surface area contributed by atoms with Gasteiger partial charge in [-0.3, -0.25) is 9.59 Å². The van der Waals surface area contributed by atoms with Gasteiger partial charge < -0.3 is 15.0 Å². The zero-order valence-electron chi connectivity index (χ0n) is 11.7. The Balaban J connectivity index is 1.93. The molecule has 0 radical (unpaired) electrons. The minimum Gasteiger partial charge on any atom is -0.480 e. The number of carboxylic acids is 1. The molecule has 0 bridgehead atoms. The molecule has 0 aliphatic rings. The first-order valence-corrected chi connectivity index (χ1v) is 6.64. The minimum atomic E-state index is -0.993. The van der Waals surface area contributed by atoms with Crippen LogP contribution in [-0.4, -0.2) is 36.5 Å². The summed E-state index contributed by atoms with van der Waals surface area (Å²) in [5, 5.41) is 18.9. The summed E-state index contributed by atoms with van der Waals surface area (Å²) in [5.41, 5.74) is 1.10. The molecular weight excluding hydrogens is 274 g/mol. The van der Waals surface area contributed by atoms with Crippen molar-refractivity contribution in [1.82, 2.24) is 24.9 Å². The molecule has 0 aliphatic heterocycles. The van der Waals surface area contributed by atoms with Crippen LogP contribution in [0.5, 0.6) is 0 Å². The average molecular weight is 291 g/mol. The first kappa shape index (κ1) is 14.8. The zero-order valence-corrected chi connectivity index (χ0v) is 11.7. The maximum absolute atomic E-state index is 12.1. The number of hydrogen-bond donors (Lipinski definition) is 2. The summed E-state index contributed by atoms with van der Waals surface area (Å²) in [6, 6.07) is 3.58. The molecule has 8 heteroatoms. The second-order valence-corrected chi connectivity index (χ2v) is 4.57. The van der Waals surface area contributed by atoms with Gasteiger partial charge in [-0.25, -0.2) is 4.68 Å². The second-order valence-electron chi connectivity index (χ2n) is 4.57. The van der Waals surface area contributed by atoms with Gasteiger partial charge in [-0.15, -0.1) is 5.10 Å².